The minimum Gasteiger partial charge on any atom is -0.488 e. The summed E-state index contributed by atoms with van der Waals surface area (Å²) in [4.78, 5) is 16.5. The average Bonchev–Trinajstić information content (AvgIpc) is 2.72. The van der Waals surface area contributed by atoms with Gasteiger partial charge in [-0.3, -0.25) is 9.69 Å². The molecule has 2 aliphatic rings. The van der Waals surface area contributed by atoms with Crippen LogP contribution < -0.4 is 9.47 Å². The number of hydrogen-bond donors (Lipinski definition) is 0. The van der Waals surface area contributed by atoms with Crippen molar-refractivity contribution in [1.82, 2.24) is 9.80 Å². The van der Waals surface area contributed by atoms with Gasteiger partial charge in [0.15, 0.2) is 6.61 Å². The highest BCUT2D eigenvalue weighted by atomic mass is 16.5. The van der Waals surface area contributed by atoms with Crippen LogP contribution in [-0.2, 0) is 11.3 Å². The van der Waals surface area contributed by atoms with E-state index in [2.05, 4.69) is 36.1 Å². The molecule has 154 valence electrons. The lowest BCUT2D eigenvalue weighted by molar-refractivity contribution is -0.134. The fourth-order valence-corrected chi connectivity index (χ4v) is 3.94. The first kappa shape index (κ1) is 19.8. The van der Waals surface area contributed by atoms with Crippen molar-refractivity contribution in [2.24, 2.45) is 0 Å². The second-order valence-electron chi connectivity index (χ2n) is 8.12. The van der Waals surface area contributed by atoms with Crippen LogP contribution >= 0.6 is 0 Å². The number of ether oxygens (including phenoxy) is 2. The van der Waals surface area contributed by atoms with Crippen LogP contribution in [0, 0.1) is 6.92 Å². The second-order valence-corrected chi connectivity index (χ2v) is 8.12. The zero-order chi connectivity index (χ0) is 20.1. The molecular weight excluding hydrogens is 364 g/mol. The van der Waals surface area contributed by atoms with Crippen molar-refractivity contribution in [2.75, 3.05) is 32.8 Å². The molecular formula is C24H30N2O3. The standard InChI is InChI=1S/C24H30N2O3/c1-19-6-5-7-22(14-19)29-23-16-25(17-23)15-20-8-10-21(11-9-20)28-18-24(27)26-12-3-2-4-13-26/h5-11,14,23H,2-4,12-13,15-18H2,1H3. The van der Waals surface area contributed by atoms with Crippen LogP contribution in [-0.4, -0.2) is 54.6 Å². The summed E-state index contributed by atoms with van der Waals surface area (Å²) in [6, 6.07) is 16.3. The Balaban J connectivity index is 1.18. The van der Waals surface area contributed by atoms with Gasteiger partial charge in [-0.05, 0) is 61.6 Å². The van der Waals surface area contributed by atoms with Crippen LogP contribution in [0.5, 0.6) is 11.5 Å². The minimum absolute atomic E-state index is 0.0917. The number of carbonyl (C=O) groups excluding carboxylic acids is 1. The minimum atomic E-state index is 0.0917. The topological polar surface area (TPSA) is 42.0 Å². The first-order valence-electron chi connectivity index (χ1n) is 10.6. The van der Waals surface area contributed by atoms with E-state index in [9.17, 15) is 4.79 Å². The Kier molecular flexibility index (Phi) is 6.35. The van der Waals surface area contributed by atoms with E-state index < -0.39 is 0 Å². The predicted octanol–water partition coefficient (Wildman–Crippen LogP) is 3.65. The zero-order valence-corrected chi connectivity index (χ0v) is 17.2. The third-order valence-electron chi connectivity index (χ3n) is 5.62. The molecule has 0 unspecified atom stereocenters. The molecule has 2 aromatic rings. The molecule has 0 bridgehead atoms. The first-order chi connectivity index (χ1) is 14.2. The fourth-order valence-electron chi connectivity index (χ4n) is 3.94. The van der Waals surface area contributed by atoms with Crippen molar-refractivity contribution >= 4 is 5.91 Å². The summed E-state index contributed by atoms with van der Waals surface area (Å²) in [6.45, 7) is 6.73. The van der Waals surface area contributed by atoms with Gasteiger partial charge in [-0.15, -0.1) is 0 Å². The molecule has 0 atom stereocenters. The van der Waals surface area contributed by atoms with Gasteiger partial charge in [0.05, 0.1) is 0 Å². The molecule has 29 heavy (non-hydrogen) atoms. The van der Waals surface area contributed by atoms with Crippen LogP contribution in [0.25, 0.3) is 0 Å². The predicted molar refractivity (Wildman–Crippen MR) is 113 cm³/mol. The largest absolute Gasteiger partial charge is 0.488 e. The Morgan fingerprint density at radius 2 is 1.76 bits per heavy atom. The van der Waals surface area contributed by atoms with Gasteiger partial charge in [-0.2, -0.15) is 0 Å². The van der Waals surface area contributed by atoms with Gasteiger partial charge in [0.25, 0.3) is 5.91 Å². The summed E-state index contributed by atoms with van der Waals surface area (Å²) in [6.07, 6.45) is 3.70. The summed E-state index contributed by atoms with van der Waals surface area (Å²) in [5.41, 5.74) is 2.47. The Morgan fingerprint density at radius 3 is 2.48 bits per heavy atom. The highest BCUT2D eigenvalue weighted by Crippen LogP contribution is 2.21. The fraction of sp³-hybridized carbons (Fsp3) is 0.458. The van der Waals surface area contributed by atoms with E-state index in [1.165, 1.54) is 17.5 Å². The number of nitrogens with zero attached hydrogens (tertiary/aromatic N) is 2. The van der Waals surface area contributed by atoms with E-state index in [0.29, 0.717) is 0 Å². The SMILES string of the molecule is Cc1cccc(OC2CN(Cc3ccc(OCC(=O)N4CCCCC4)cc3)C2)c1. The van der Waals surface area contributed by atoms with Gasteiger partial charge < -0.3 is 14.4 Å². The summed E-state index contributed by atoms with van der Waals surface area (Å²) in [5.74, 6) is 1.80. The average molecular weight is 395 g/mol. The summed E-state index contributed by atoms with van der Waals surface area (Å²) in [7, 11) is 0. The number of rotatable bonds is 7. The molecule has 0 saturated carbocycles. The van der Waals surface area contributed by atoms with Gasteiger partial charge in [0.2, 0.25) is 0 Å². The number of likely N-dealkylation sites (tertiary alicyclic amines) is 2. The molecule has 1 amide bonds. The van der Waals surface area contributed by atoms with Crippen molar-refractivity contribution in [3.8, 4) is 11.5 Å². The smallest absolute Gasteiger partial charge is 0.260 e. The van der Waals surface area contributed by atoms with E-state index in [0.717, 1.165) is 57.1 Å². The van der Waals surface area contributed by atoms with Crippen molar-refractivity contribution in [3.05, 3.63) is 59.7 Å². The van der Waals surface area contributed by atoms with Crippen LogP contribution in [0.4, 0.5) is 0 Å². The van der Waals surface area contributed by atoms with Crippen LogP contribution in [0.2, 0.25) is 0 Å². The van der Waals surface area contributed by atoms with Gasteiger partial charge in [-0.25, -0.2) is 0 Å². The normalized spacial score (nSPS) is 17.6. The van der Waals surface area contributed by atoms with Gasteiger partial charge in [0.1, 0.15) is 17.6 Å². The molecule has 0 N–H and O–H groups in total. The summed E-state index contributed by atoms with van der Waals surface area (Å²) >= 11 is 0. The van der Waals surface area contributed by atoms with Gasteiger partial charge in [0, 0.05) is 32.7 Å². The molecule has 0 aromatic heterocycles. The molecule has 2 fully saturated rings. The van der Waals surface area contributed by atoms with E-state index in [1.807, 2.05) is 29.2 Å². The van der Waals surface area contributed by atoms with E-state index in [-0.39, 0.29) is 18.6 Å². The maximum absolute atomic E-state index is 12.2. The molecule has 5 heteroatoms. The second kappa shape index (κ2) is 9.31. The summed E-state index contributed by atoms with van der Waals surface area (Å²) < 4.78 is 11.7. The van der Waals surface area contributed by atoms with E-state index >= 15 is 0 Å². The molecule has 0 aliphatic carbocycles. The zero-order valence-electron chi connectivity index (χ0n) is 17.2. The van der Waals surface area contributed by atoms with E-state index in [1.54, 1.807) is 0 Å². The number of carbonyl (C=O) groups is 1. The maximum Gasteiger partial charge on any atom is 0.260 e. The van der Waals surface area contributed by atoms with Crippen molar-refractivity contribution in [1.29, 1.82) is 0 Å². The molecule has 2 aliphatic heterocycles. The Hall–Kier alpha value is -2.53. The first-order valence-corrected chi connectivity index (χ1v) is 10.6. The third-order valence-corrected chi connectivity index (χ3v) is 5.62. The lowest BCUT2D eigenvalue weighted by Crippen LogP contribution is -2.53. The lowest BCUT2D eigenvalue weighted by atomic mass is 10.1. The molecule has 4 rings (SSSR count). The Morgan fingerprint density at radius 1 is 1.00 bits per heavy atom. The lowest BCUT2D eigenvalue weighted by Gasteiger charge is -2.39. The number of aryl methyl sites for hydroxylation is 1. The highest BCUT2D eigenvalue weighted by Gasteiger charge is 2.28. The highest BCUT2D eigenvalue weighted by molar-refractivity contribution is 5.77. The van der Waals surface area contributed by atoms with Gasteiger partial charge >= 0.3 is 0 Å². The maximum atomic E-state index is 12.2. The van der Waals surface area contributed by atoms with Crippen molar-refractivity contribution in [2.45, 2.75) is 38.8 Å². The number of hydrogen-bond acceptors (Lipinski definition) is 4. The van der Waals surface area contributed by atoms with Gasteiger partial charge in [-0.1, -0.05) is 24.3 Å². The van der Waals surface area contributed by atoms with Crippen molar-refractivity contribution in [3.63, 3.8) is 0 Å². The van der Waals surface area contributed by atoms with Crippen LogP contribution in [0.1, 0.15) is 30.4 Å². The Bertz CT molecular complexity index is 809. The number of piperidine rings is 1. The van der Waals surface area contributed by atoms with Crippen LogP contribution in [0.3, 0.4) is 0 Å². The molecule has 0 radical (unpaired) electrons. The molecule has 2 heterocycles. The monoisotopic (exact) mass is 394 g/mol. The van der Waals surface area contributed by atoms with Crippen LogP contribution in [0.15, 0.2) is 48.5 Å². The number of benzene rings is 2. The van der Waals surface area contributed by atoms with Crippen molar-refractivity contribution < 1.29 is 14.3 Å². The summed E-state index contributed by atoms with van der Waals surface area (Å²) in [5, 5.41) is 0. The third kappa shape index (κ3) is 5.51. The Labute approximate surface area is 173 Å². The number of amides is 1. The molecule has 2 saturated heterocycles. The molecule has 0 spiro atoms. The molecule has 5 nitrogen and oxygen atoms in total. The van der Waals surface area contributed by atoms with E-state index in [4.69, 9.17) is 9.47 Å². The molecule has 2 aromatic carbocycles. The quantitative estimate of drug-likeness (QED) is 0.719.